The van der Waals surface area contributed by atoms with Crippen molar-refractivity contribution in [3.8, 4) is 0 Å². The third-order valence-electron chi connectivity index (χ3n) is 5.92. The van der Waals surface area contributed by atoms with Gasteiger partial charge in [-0.3, -0.25) is 9.89 Å². The van der Waals surface area contributed by atoms with Gasteiger partial charge >= 0.3 is 0 Å². The molecule has 0 amide bonds. The lowest BCUT2D eigenvalue weighted by Crippen LogP contribution is -2.47. The van der Waals surface area contributed by atoms with Gasteiger partial charge in [-0.15, -0.1) is 0 Å². The number of hydrogen-bond acceptors (Lipinski definition) is 3. The minimum atomic E-state index is 0.158. The van der Waals surface area contributed by atoms with Crippen LogP contribution in [0.5, 0.6) is 0 Å². The molecule has 1 aromatic rings. The molecule has 1 saturated heterocycles. The van der Waals surface area contributed by atoms with Crippen LogP contribution in [0.1, 0.15) is 58.6 Å². The fourth-order valence-electron chi connectivity index (χ4n) is 3.97. The zero-order valence-electron chi connectivity index (χ0n) is 19.6. The lowest BCUT2D eigenvalue weighted by atomic mass is 9.78. The maximum Gasteiger partial charge on any atom is 0.191 e. The molecule has 0 saturated carbocycles. The van der Waals surface area contributed by atoms with E-state index in [4.69, 9.17) is 4.74 Å². The van der Waals surface area contributed by atoms with Crippen molar-refractivity contribution >= 4 is 5.96 Å². The number of rotatable bonds is 7. The van der Waals surface area contributed by atoms with Gasteiger partial charge in [0.2, 0.25) is 0 Å². The Morgan fingerprint density at radius 3 is 2.52 bits per heavy atom. The molecule has 1 fully saturated rings. The Bertz CT molecular complexity index is 651. The van der Waals surface area contributed by atoms with E-state index in [2.05, 4.69) is 86.5 Å². The number of guanidine groups is 1. The average molecular weight is 403 g/mol. The van der Waals surface area contributed by atoms with E-state index in [-0.39, 0.29) is 11.5 Å². The minimum Gasteiger partial charge on any atom is -0.377 e. The highest BCUT2D eigenvalue weighted by atomic mass is 16.5. The smallest absolute Gasteiger partial charge is 0.191 e. The molecule has 1 aliphatic rings. The summed E-state index contributed by atoms with van der Waals surface area (Å²) in [6.07, 6.45) is 2.63. The Morgan fingerprint density at radius 2 is 1.90 bits per heavy atom. The van der Waals surface area contributed by atoms with Gasteiger partial charge < -0.3 is 15.4 Å². The number of benzene rings is 1. The van der Waals surface area contributed by atoms with Crippen molar-refractivity contribution in [2.75, 3.05) is 27.2 Å². The Morgan fingerprint density at radius 1 is 1.21 bits per heavy atom. The van der Waals surface area contributed by atoms with Gasteiger partial charge in [-0.1, -0.05) is 45.0 Å². The predicted octanol–water partition coefficient (Wildman–Crippen LogP) is 4.03. The van der Waals surface area contributed by atoms with Gasteiger partial charge in [0.05, 0.1) is 6.10 Å². The molecule has 2 unspecified atom stereocenters. The van der Waals surface area contributed by atoms with Crippen LogP contribution in [0.3, 0.4) is 0 Å². The molecule has 2 atom stereocenters. The molecule has 2 rings (SSSR count). The fourth-order valence-corrected chi connectivity index (χ4v) is 3.97. The van der Waals surface area contributed by atoms with E-state index in [0.717, 1.165) is 38.6 Å². The molecule has 0 aromatic heterocycles. The van der Waals surface area contributed by atoms with Gasteiger partial charge in [-0.05, 0) is 50.3 Å². The molecule has 0 bridgehead atoms. The van der Waals surface area contributed by atoms with Crippen molar-refractivity contribution in [2.45, 2.75) is 72.7 Å². The van der Waals surface area contributed by atoms with Crippen LogP contribution in [0.2, 0.25) is 0 Å². The largest absolute Gasteiger partial charge is 0.377 e. The van der Waals surface area contributed by atoms with Crippen LogP contribution in [-0.4, -0.2) is 50.3 Å². The monoisotopic (exact) mass is 402 g/mol. The molecule has 1 aliphatic heterocycles. The normalized spacial score (nSPS) is 20.9. The summed E-state index contributed by atoms with van der Waals surface area (Å²) >= 11 is 0. The summed E-state index contributed by atoms with van der Waals surface area (Å²) < 4.78 is 6.12. The van der Waals surface area contributed by atoms with E-state index in [1.54, 1.807) is 0 Å². The Labute approximate surface area is 178 Å². The van der Waals surface area contributed by atoms with Gasteiger partial charge in [0, 0.05) is 45.2 Å². The first kappa shape index (κ1) is 23.7. The molecule has 0 spiro atoms. The van der Waals surface area contributed by atoms with Crippen molar-refractivity contribution in [1.29, 1.82) is 0 Å². The topological polar surface area (TPSA) is 48.9 Å². The quantitative estimate of drug-likeness (QED) is 0.534. The van der Waals surface area contributed by atoms with Crippen LogP contribution >= 0.6 is 0 Å². The summed E-state index contributed by atoms with van der Waals surface area (Å²) in [5.74, 6) is 1.37. The van der Waals surface area contributed by atoms with E-state index < -0.39 is 0 Å². The Hall–Kier alpha value is -1.59. The van der Waals surface area contributed by atoms with Crippen molar-refractivity contribution in [2.24, 2.45) is 16.3 Å². The van der Waals surface area contributed by atoms with Crippen molar-refractivity contribution in [1.82, 2.24) is 15.5 Å². The molecular weight excluding hydrogens is 360 g/mol. The second kappa shape index (κ2) is 11.0. The van der Waals surface area contributed by atoms with E-state index in [1.165, 1.54) is 17.5 Å². The molecule has 0 aliphatic carbocycles. The van der Waals surface area contributed by atoms with Crippen LogP contribution in [0.15, 0.2) is 29.3 Å². The first-order chi connectivity index (χ1) is 13.7. The molecular formula is C24H42N4O. The Balaban J connectivity index is 1.93. The predicted molar refractivity (Wildman–Crippen MR) is 123 cm³/mol. The summed E-state index contributed by atoms with van der Waals surface area (Å²) in [6, 6.07) is 9.18. The van der Waals surface area contributed by atoms with Gasteiger partial charge in [0.25, 0.3) is 0 Å². The van der Waals surface area contributed by atoms with Gasteiger partial charge in [0.15, 0.2) is 5.96 Å². The van der Waals surface area contributed by atoms with E-state index >= 15 is 0 Å². The van der Waals surface area contributed by atoms with E-state index in [0.29, 0.717) is 12.0 Å². The first-order valence-electron chi connectivity index (χ1n) is 11.1. The van der Waals surface area contributed by atoms with E-state index in [1.807, 2.05) is 7.05 Å². The maximum atomic E-state index is 6.12. The van der Waals surface area contributed by atoms with E-state index in [9.17, 15) is 0 Å². The van der Waals surface area contributed by atoms with Crippen LogP contribution in [0.25, 0.3) is 0 Å². The fraction of sp³-hybridized carbons (Fsp3) is 0.708. The first-order valence-corrected chi connectivity index (χ1v) is 11.1. The summed E-state index contributed by atoms with van der Waals surface area (Å²) in [5.41, 5.74) is 2.84. The minimum absolute atomic E-state index is 0.158. The standard InChI is InChI=1S/C24H42N4O/c1-18(2)28(7)17-21-12-9-8-11-19(21)15-26-23(25-6)27-16-20-13-10-14-29-22(20)24(3,4)5/h8-9,11-12,18,20,22H,10,13-17H2,1-7H3,(H2,25,26,27). The highest BCUT2D eigenvalue weighted by Crippen LogP contribution is 2.33. The molecule has 1 heterocycles. The number of nitrogens with one attached hydrogen (secondary N) is 2. The van der Waals surface area contributed by atoms with Crippen LogP contribution in [-0.2, 0) is 17.8 Å². The van der Waals surface area contributed by atoms with Gasteiger partial charge in [0.1, 0.15) is 0 Å². The maximum absolute atomic E-state index is 6.12. The van der Waals surface area contributed by atoms with Crippen LogP contribution < -0.4 is 10.6 Å². The average Bonchev–Trinajstić information content (AvgIpc) is 2.68. The van der Waals surface area contributed by atoms with Crippen molar-refractivity contribution in [3.63, 3.8) is 0 Å². The lowest BCUT2D eigenvalue weighted by Gasteiger charge is -2.40. The number of hydrogen-bond donors (Lipinski definition) is 2. The molecule has 29 heavy (non-hydrogen) atoms. The zero-order valence-corrected chi connectivity index (χ0v) is 19.6. The third-order valence-corrected chi connectivity index (χ3v) is 5.92. The van der Waals surface area contributed by atoms with Crippen molar-refractivity contribution < 1.29 is 4.74 Å². The molecule has 2 N–H and O–H groups in total. The van der Waals surface area contributed by atoms with Crippen molar-refractivity contribution in [3.05, 3.63) is 35.4 Å². The highest BCUT2D eigenvalue weighted by Gasteiger charge is 2.35. The molecule has 164 valence electrons. The van der Waals surface area contributed by atoms with Crippen LogP contribution in [0, 0.1) is 11.3 Å². The SMILES string of the molecule is CN=C(NCc1ccccc1CN(C)C(C)C)NCC1CCCOC1C(C)(C)C. The lowest BCUT2D eigenvalue weighted by molar-refractivity contribution is -0.0835. The third kappa shape index (κ3) is 7.31. The molecule has 5 heteroatoms. The summed E-state index contributed by atoms with van der Waals surface area (Å²) in [7, 11) is 4.01. The molecule has 5 nitrogen and oxygen atoms in total. The molecule has 1 aromatic carbocycles. The zero-order chi connectivity index (χ0) is 21.4. The summed E-state index contributed by atoms with van der Waals surface area (Å²) in [6.45, 7) is 14.8. The number of nitrogens with zero attached hydrogens (tertiary/aromatic N) is 2. The van der Waals surface area contributed by atoms with Gasteiger partial charge in [-0.25, -0.2) is 0 Å². The Kier molecular flexibility index (Phi) is 8.97. The van der Waals surface area contributed by atoms with Crippen LogP contribution in [0.4, 0.5) is 0 Å². The second-order valence-electron chi connectivity index (χ2n) is 9.64. The van der Waals surface area contributed by atoms with Gasteiger partial charge in [-0.2, -0.15) is 0 Å². The molecule has 0 radical (unpaired) electrons. The summed E-state index contributed by atoms with van der Waals surface area (Å²) in [4.78, 5) is 6.80. The number of aliphatic imine (C=N–C) groups is 1. The highest BCUT2D eigenvalue weighted by molar-refractivity contribution is 5.79. The summed E-state index contributed by atoms with van der Waals surface area (Å²) in [5, 5.41) is 7.04. The second-order valence-corrected chi connectivity index (χ2v) is 9.64. The number of ether oxygens (including phenoxy) is 1.